The highest BCUT2D eigenvalue weighted by Crippen LogP contribution is 2.25. The molecule has 1 aromatic carbocycles. The molecule has 0 amide bonds. The lowest BCUT2D eigenvalue weighted by Gasteiger charge is -1.88. The predicted octanol–water partition coefficient (Wildman–Crippen LogP) is 3.09. The number of hydrogen-bond acceptors (Lipinski definition) is 2. The largest absolute Gasteiger partial charge is 0.342 e. The molecule has 13 heavy (non-hydrogen) atoms. The van der Waals surface area contributed by atoms with Crippen LogP contribution >= 0.6 is 11.3 Å². The minimum absolute atomic E-state index is 0.979. The highest BCUT2D eigenvalue weighted by molar-refractivity contribution is 7.17. The third-order valence-electron chi connectivity index (χ3n) is 2.17. The number of aryl methyl sites for hydroxylation is 1. The van der Waals surface area contributed by atoms with Crippen LogP contribution in [0, 0.1) is 6.92 Å². The molecule has 64 valence electrons. The van der Waals surface area contributed by atoms with E-state index in [1.54, 1.807) is 11.3 Å². The number of nitrogens with one attached hydrogen (secondary N) is 1. The van der Waals surface area contributed by atoms with Crippen molar-refractivity contribution < 1.29 is 0 Å². The van der Waals surface area contributed by atoms with Crippen molar-refractivity contribution in [1.82, 2.24) is 9.97 Å². The van der Waals surface area contributed by atoms with E-state index in [1.807, 2.05) is 6.92 Å². The van der Waals surface area contributed by atoms with Crippen molar-refractivity contribution >= 4 is 32.5 Å². The standard InChI is InChI=1S/C10H8N2S/c1-6-11-8-4-7-2-3-13-10(7)5-9(8)12-6/h2-5H,1H3,(H,11,12). The highest BCUT2D eigenvalue weighted by atomic mass is 32.1. The van der Waals surface area contributed by atoms with Gasteiger partial charge in [-0.2, -0.15) is 0 Å². The second-order valence-electron chi connectivity index (χ2n) is 3.15. The molecule has 1 N–H and O–H groups in total. The fourth-order valence-corrected chi connectivity index (χ4v) is 2.40. The lowest BCUT2D eigenvalue weighted by atomic mass is 10.2. The number of fused-ring (bicyclic) bond motifs is 2. The first kappa shape index (κ1) is 7.09. The summed E-state index contributed by atoms with van der Waals surface area (Å²) in [5.74, 6) is 0.979. The molecule has 2 aromatic heterocycles. The molecular formula is C10H8N2S. The SMILES string of the molecule is Cc1nc2cc3sccc3cc2[nH]1. The van der Waals surface area contributed by atoms with Gasteiger partial charge in [-0.3, -0.25) is 0 Å². The second-order valence-corrected chi connectivity index (χ2v) is 4.10. The zero-order valence-corrected chi connectivity index (χ0v) is 7.98. The molecule has 0 radical (unpaired) electrons. The van der Waals surface area contributed by atoms with E-state index < -0.39 is 0 Å². The van der Waals surface area contributed by atoms with Crippen molar-refractivity contribution in [3.05, 3.63) is 29.4 Å². The molecule has 0 aliphatic rings. The van der Waals surface area contributed by atoms with Crippen LogP contribution in [-0.4, -0.2) is 9.97 Å². The molecule has 0 aliphatic carbocycles. The topological polar surface area (TPSA) is 28.7 Å². The maximum Gasteiger partial charge on any atom is 0.104 e. The van der Waals surface area contributed by atoms with Crippen LogP contribution in [0.15, 0.2) is 23.6 Å². The zero-order chi connectivity index (χ0) is 8.84. The minimum Gasteiger partial charge on any atom is -0.342 e. The van der Waals surface area contributed by atoms with E-state index in [-0.39, 0.29) is 0 Å². The average Bonchev–Trinajstić information content (AvgIpc) is 2.63. The number of hydrogen-bond donors (Lipinski definition) is 1. The third-order valence-corrected chi connectivity index (χ3v) is 3.05. The fourth-order valence-electron chi connectivity index (χ4n) is 1.59. The number of aromatic amines is 1. The Balaban J connectivity index is 2.54. The summed E-state index contributed by atoms with van der Waals surface area (Å²) in [5, 5.41) is 3.40. The Morgan fingerprint density at radius 2 is 2.31 bits per heavy atom. The molecule has 0 bridgehead atoms. The molecule has 0 saturated carbocycles. The minimum atomic E-state index is 0.979. The Hall–Kier alpha value is -1.35. The highest BCUT2D eigenvalue weighted by Gasteiger charge is 2.01. The van der Waals surface area contributed by atoms with Gasteiger partial charge in [0.15, 0.2) is 0 Å². The Kier molecular flexibility index (Phi) is 1.27. The van der Waals surface area contributed by atoms with Crippen LogP contribution in [0.25, 0.3) is 21.1 Å². The third kappa shape index (κ3) is 0.971. The fraction of sp³-hybridized carbons (Fsp3) is 0.100. The lowest BCUT2D eigenvalue weighted by molar-refractivity contribution is 1.17. The monoisotopic (exact) mass is 188 g/mol. The molecule has 2 heterocycles. The number of benzene rings is 1. The van der Waals surface area contributed by atoms with Crippen molar-refractivity contribution in [2.75, 3.05) is 0 Å². The number of imidazole rings is 1. The van der Waals surface area contributed by atoms with Crippen LogP contribution < -0.4 is 0 Å². The molecule has 3 aromatic rings. The summed E-state index contributed by atoms with van der Waals surface area (Å²) in [6.45, 7) is 1.98. The summed E-state index contributed by atoms with van der Waals surface area (Å²) in [4.78, 5) is 7.63. The first-order valence-electron chi connectivity index (χ1n) is 4.16. The van der Waals surface area contributed by atoms with Crippen LogP contribution in [0.2, 0.25) is 0 Å². The second kappa shape index (κ2) is 2.33. The number of thiophene rings is 1. The van der Waals surface area contributed by atoms with Gasteiger partial charge in [0.2, 0.25) is 0 Å². The smallest absolute Gasteiger partial charge is 0.104 e. The maximum atomic E-state index is 4.39. The van der Waals surface area contributed by atoms with Crippen molar-refractivity contribution in [2.45, 2.75) is 6.92 Å². The van der Waals surface area contributed by atoms with Gasteiger partial charge in [0, 0.05) is 4.70 Å². The van der Waals surface area contributed by atoms with Crippen molar-refractivity contribution in [1.29, 1.82) is 0 Å². The molecule has 3 heteroatoms. The Morgan fingerprint density at radius 1 is 1.38 bits per heavy atom. The summed E-state index contributed by atoms with van der Waals surface area (Å²) in [6.07, 6.45) is 0. The van der Waals surface area contributed by atoms with Gasteiger partial charge < -0.3 is 4.98 Å². The lowest BCUT2D eigenvalue weighted by Crippen LogP contribution is -1.68. The van der Waals surface area contributed by atoms with E-state index in [4.69, 9.17) is 0 Å². The normalized spacial score (nSPS) is 11.5. The molecule has 0 atom stereocenters. The summed E-state index contributed by atoms with van der Waals surface area (Å²) in [5.41, 5.74) is 2.19. The Labute approximate surface area is 79.2 Å². The molecule has 0 aliphatic heterocycles. The average molecular weight is 188 g/mol. The van der Waals surface area contributed by atoms with Crippen LogP contribution in [0.3, 0.4) is 0 Å². The van der Waals surface area contributed by atoms with E-state index in [0.717, 1.165) is 16.9 Å². The first-order chi connectivity index (χ1) is 6.33. The first-order valence-corrected chi connectivity index (χ1v) is 5.04. The van der Waals surface area contributed by atoms with Crippen molar-refractivity contribution in [3.8, 4) is 0 Å². The van der Waals surface area contributed by atoms with Gasteiger partial charge in [-0.05, 0) is 35.9 Å². The summed E-state index contributed by atoms with van der Waals surface area (Å²) in [7, 11) is 0. The maximum absolute atomic E-state index is 4.39. The molecule has 2 nitrogen and oxygen atoms in total. The van der Waals surface area contributed by atoms with Crippen molar-refractivity contribution in [3.63, 3.8) is 0 Å². The Morgan fingerprint density at radius 3 is 3.23 bits per heavy atom. The summed E-state index contributed by atoms with van der Waals surface area (Å²) in [6, 6.07) is 6.43. The van der Waals surface area contributed by atoms with Crippen LogP contribution in [0.4, 0.5) is 0 Å². The van der Waals surface area contributed by atoms with Gasteiger partial charge in [0.25, 0.3) is 0 Å². The van der Waals surface area contributed by atoms with E-state index in [0.29, 0.717) is 0 Å². The van der Waals surface area contributed by atoms with Gasteiger partial charge in [-0.15, -0.1) is 11.3 Å². The molecular weight excluding hydrogens is 180 g/mol. The van der Waals surface area contributed by atoms with Gasteiger partial charge in [0.05, 0.1) is 11.0 Å². The number of H-pyrrole nitrogens is 1. The van der Waals surface area contributed by atoms with Gasteiger partial charge in [-0.1, -0.05) is 0 Å². The van der Waals surface area contributed by atoms with Crippen molar-refractivity contribution in [2.24, 2.45) is 0 Å². The van der Waals surface area contributed by atoms with Crippen LogP contribution in [0.5, 0.6) is 0 Å². The predicted molar refractivity (Wildman–Crippen MR) is 56.2 cm³/mol. The van der Waals surface area contributed by atoms with Crippen LogP contribution in [0.1, 0.15) is 5.82 Å². The number of nitrogens with zero attached hydrogens (tertiary/aromatic N) is 1. The van der Waals surface area contributed by atoms with E-state index in [2.05, 4.69) is 33.5 Å². The van der Waals surface area contributed by atoms with Gasteiger partial charge in [0.1, 0.15) is 5.82 Å². The summed E-state index contributed by atoms with van der Waals surface area (Å²) < 4.78 is 1.30. The van der Waals surface area contributed by atoms with Crippen LogP contribution in [-0.2, 0) is 0 Å². The van der Waals surface area contributed by atoms with Gasteiger partial charge >= 0.3 is 0 Å². The summed E-state index contributed by atoms with van der Waals surface area (Å²) >= 11 is 1.76. The molecule has 0 saturated heterocycles. The molecule has 0 unspecified atom stereocenters. The molecule has 0 fully saturated rings. The van der Waals surface area contributed by atoms with E-state index >= 15 is 0 Å². The van der Waals surface area contributed by atoms with E-state index in [1.165, 1.54) is 10.1 Å². The van der Waals surface area contributed by atoms with Gasteiger partial charge in [-0.25, -0.2) is 4.98 Å². The number of rotatable bonds is 0. The zero-order valence-electron chi connectivity index (χ0n) is 7.16. The Bertz CT molecular complexity index is 529. The quantitative estimate of drug-likeness (QED) is 0.577. The molecule has 0 spiro atoms. The van der Waals surface area contributed by atoms with E-state index in [9.17, 15) is 0 Å². The molecule has 3 rings (SSSR count). The number of aromatic nitrogens is 2.